The monoisotopic (exact) mass is 248 g/mol. The second kappa shape index (κ2) is 5.58. The number of hydrogen-bond acceptors (Lipinski definition) is 3. The molecule has 4 heteroatoms. The summed E-state index contributed by atoms with van der Waals surface area (Å²) in [5.74, 6) is 1.04. The Kier molecular flexibility index (Phi) is 3.87. The van der Waals surface area contributed by atoms with Crippen molar-refractivity contribution in [3.05, 3.63) is 29.8 Å². The lowest BCUT2D eigenvalue weighted by molar-refractivity contribution is -0.131. The molecule has 1 saturated carbocycles. The smallest absolute Gasteiger partial charge is 0.328 e. The average Bonchev–Trinajstić information content (AvgIpc) is 3.18. The molecule has 1 aliphatic carbocycles. The summed E-state index contributed by atoms with van der Waals surface area (Å²) in [6.45, 7) is 0.682. The lowest BCUT2D eigenvalue weighted by atomic mass is 10.1. The zero-order chi connectivity index (χ0) is 13.0. The van der Waals surface area contributed by atoms with Gasteiger partial charge in [-0.15, -0.1) is 0 Å². The van der Waals surface area contributed by atoms with Crippen molar-refractivity contribution in [1.82, 2.24) is 0 Å². The van der Waals surface area contributed by atoms with Crippen molar-refractivity contribution in [1.29, 1.82) is 0 Å². The molecule has 0 saturated heterocycles. The molecule has 0 aliphatic heterocycles. The van der Waals surface area contributed by atoms with Gasteiger partial charge in [0.2, 0.25) is 0 Å². The average molecular weight is 248 g/mol. The van der Waals surface area contributed by atoms with E-state index in [4.69, 9.17) is 14.6 Å². The molecule has 0 bridgehead atoms. The maximum atomic E-state index is 10.5. The van der Waals surface area contributed by atoms with E-state index in [0.29, 0.717) is 24.0 Å². The van der Waals surface area contributed by atoms with E-state index in [1.807, 2.05) is 0 Å². The molecule has 1 aromatic rings. The van der Waals surface area contributed by atoms with Crippen LogP contribution in [0.5, 0.6) is 11.5 Å². The molecule has 0 spiro atoms. The van der Waals surface area contributed by atoms with Crippen molar-refractivity contribution < 1.29 is 19.4 Å². The molecule has 1 aliphatic rings. The number of carboxylic acid groups (broad SMARTS) is 1. The third-order valence-electron chi connectivity index (χ3n) is 2.80. The second-order valence-corrected chi connectivity index (χ2v) is 4.33. The van der Waals surface area contributed by atoms with E-state index in [1.165, 1.54) is 18.9 Å². The molecule has 0 heterocycles. The molecule has 0 atom stereocenters. The van der Waals surface area contributed by atoms with Crippen molar-refractivity contribution in [2.24, 2.45) is 5.92 Å². The van der Waals surface area contributed by atoms with Gasteiger partial charge in [-0.25, -0.2) is 4.79 Å². The van der Waals surface area contributed by atoms with Gasteiger partial charge in [0.25, 0.3) is 0 Å². The van der Waals surface area contributed by atoms with Crippen LogP contribution < -0.4 is 9.47 Å². The van der Waals surface area contributed by atoms with Gasteiger partial charge in [-0.2, -0.15) is 0 Å². The fourth-order valence-electron chi connectivity index (χ4n) is 1.56. The van der Waals surface area contributed by atoms with E-state index in [0.717, 1.165) is 11.6 Å². The summed E-state index contributed by atoms with van der Waals surface area (Å²) in [6, 6.07) is 5.36. The van der Waals surface area contributed by atoms with Crippen molar-refractivity contribution >= 4 is 12.0 Å². The highest BCUT2D eigenvalue weighted by molar-refractivity contribution is 5.86. The number of carboxylic acids is 1. The summed E-state index contributed by atoms with van der Waals surface area (Å²) in [6.07, 6.45) is 5.06. The molecule has 1 N–H and O–H groups in total. The van der Waals surface area contributed by atoms with Crippen LogP contribution in [0.2, 0.25) is 0 Å². The van der Waals surface area contributed by atoms with Gasteiger partial charge in [0.05, 0.1) is 13.7 Å². The Morgan fingerprint density at radius 3 is 2.89 bits per heavy atom. The lowest BCUT2D eigenvalue weighted by Gasteiger charge is -2.10. The van der Waals surface area contributed by atoms with E-state index in [1.54, 1.807) is 25.3 Å². The Labute approximate surface area is 106 Å². The highest BCUT2D eigenvalue weighted by Gasteiger charge is 2.22. The van der Waals surface area contributed by atoms with Crippen LogP contribution in [0, 0.1) is 5.92 Å². The minimum absolute atomic E-state index is 0.646. The number of ether oxygens (including phenoxy) is 2. The van der Waals surface area contributed by atoms with Crippen LogP contribution >= 0.6 is 0 Å². The predicted molar refractivity (Wildman–Crippen MR) is 67.9 cm³/mol. The summed E-state index contributed by atoms with van der Waals surface area (Å²) < 4.78 is 10.8. The first kappa shape index (κ1) is 12.5. The third-order valence-corrected chi connectivity index (χ3v) is 2.80. The van der Waals surface area contributed by atoms with Gasteiger partial charge in [0, 0.05) is 17.7 Å². The van der Waals surface area contributed by atoms with Gasteiger partial charge >= 0.3 is 5.97 Å². The highest BCUT2D eigenvalue weighted by Crippen LogP contribution is 2.32. The molecule has 0 radical (unpaired) electrons. The van der Waals surface area contributed by atoms with Gasteiger partial charge in [0.1, 0.15) is 11.5 Å². The minimum Gasteiger partial charge on any atom is -0.497 e. The Balaban J connectivity index is 2.16. The minimum atomic E-state index is -0.973. The van der Waals surface area contributed by atoms with Crippen LogP contribution in [0.1, 0.15) is 18.4 Å². The first-order chi connectivity index (χ1) is 8.69. The van der Waals surface area contributed by atoms with Crippen molar-refractivity contribution in [2.75, 3.05) is 13.7 Å². The molecule has 1 aromatic carbocycles. The van der Waals surface area contributed by atoms with Crippen molar-refractivity contribution in [3.63, 3.8) is 0 Å². The van der Waals surface area contributed by atoms with Gasteiger partial charge in [-0.3, -0.25) is 0 Å². The zero-order valence-corrected chi connectivity index (χ0v) is 10.3. The van der Waals surface area contributed by atoms with Gasteiger partial charge in [-0.1, -0.05) is 0 Å². The Morgan fingerprint density at radius 2 is 2.28 bits per heavy atom. The molecular weight excluding hydrogens is 232 g/mol. The molecule has 0 unspecified atom stereocenters. The molecule has 1 fully saturated rings. The van der Waals surface area contributed by atoms with Gasteiger partial charge < -0.3 is 14.6 Å². The van der Waals surface area contributed by atoms with E-state index in [2.05, 4.69) is 0 Å². The summed E-state index contributed by atoms with van der Waals surface area (Å²) in [7, 11) is 1.59. The number of aliphatic carboxylic acids is 1. The quantitative estimate of drug-likeness (QED) is 0.786. The molecule has 96 valence electrons. The van der Waals surface area contributed by atoms with Crippen LogP contribution in [0.4, 0.5) is 0 Å². The fourth-order valence-corrected chi connectivity index (χ4v) is 1.56. The predicted octanol–water partition coefficient (Wildman–Crippen LogP) is 2.58. The summed E-state index contributed by atoms with van der Waals surface area (Å²) >= 11 is 0. The lowest BCUT2D eigenvalue weighted by Crippen LogP contribution is -2.01. The Hall–Kier alpha value is -1.97. The van der Waals surface area contributed by atoms with E-state index in [-0.39, 0.29) is 0 Å². The number of carbonyl (C=O) groups is 1. The van der Waals surface area contributed by atoms with Crippen LogP contribution in [-0.4, -0.2) is 24.8 Å². The molecule has 0 amide bonds. The third kappa shape index (κ3) is 3.52. The summed E-state index contributed by atoms with van der Waals surface area (Å²) in [4.78, 5) is 10.5. The molecule has 0 aromatic heterocycles. The molecule has 4 nitrogen and oxygen atoms in total. The topological polar surface area (TPSA) is 55.8 Å². The fraction of sp³-hybridized carbons (Fsp3) is 0.357. The van der Waals surface area contributed by atoms with Crippen LogP contribution in [0.25, 0.3) is 6.08 Å². The Bertz CT molecular complexity index is 461. The standard InChI is InChI=1S/C14H16O4/c1-17-12-6-4-11(5-7-14(15)16)13(8-12)18-9-10-2-3-10/h4-8,10H,2-3,9H2,1H3,(H,15,16)/b7-5+. The Morgan fingerprint density at radius 1 is 1.50 bits per heavy atom. The van der Waals surface area contributed by atoms with Crippen molar-refractivity contribution in [2.45, 2.75) is 12.8 Å². The van der Waals surface area contributed by atoms with Crippen LogP contribution in [0.3, 0.4) is 0 Å². The molecular formula is C14H16O4. The highest BCUT2D eigenvalue weighted by atomic mass is 16.5. The van der Waals surface area contributed by atoms with Crippen molar-refractivity contribution in [3.8, 4) is 11.5 Å². The summed E-state index contributed by atoms with van der Waals surface area (Å²) in [5, 5.41) is 8.64. The number of methoxy groups -OCH3 is 1. The molecule has 2 rings (SSSR count). The maximum Gasteiger partial charge on any atom is 0.328 e. The zero-order valence-electron chi connectivity index (χ0n) is 10.3. The normalized spacial score (nSPS) is 14.7. The summed E-state index contributed by atoms with van der Waals surface area (Å²) in [5.41, 5.74) is 0.749. The largest absolute Gasteiger partial charge is 0.497 e. The van der Waals surface area contributed by atoms with Gasteiger partial charge in [0.15, 0.2) is 0 Å². The number of hydrogen-bond donors (Lipinski definition) is 1. The van der Waals surface area contributed by atoms with Gasteiger partial charge in [-0.05, 0) is 37.0 Å². The van der Waals surface area contributed by atoms with E-state index < -0.39 is 5.97 Å². The number of rotatable bonds is 6. The first-order valence-corrected chi connectivity index (χ1v) is 5.91. The van der Waals surface area contributed by atoms with E-state index in [9.17, 15) is 4.79 Å². The second-order valence-electron chi connectivity index (χ2n) is 4.33. The molecule has 18 heavy (non-hydrogen) atoms. The SMILES string of the molecule is COc1ccc(/C=C/C(=O)O)c(OCC2CC2)c1. The van der Waals surface area contributed by atoms with Crippen LogP contribution in [0.15, 0.2) is 24.3 Å². The maximum absolute atomic E-state index is 10.5. The van der Waals surface area contributed by atoms with E-state index >= 15 is 0 Å². The van der Waals surface area contributed by atoms with Crippen LogP contribution in [-0.2, 0) is 4.79 Å². The first-order valence-electron chi connectivity index (χ1n) is 5.91. The number of benzene rings is 1.